The van der Waals surface area contributed by atoms with E-state index in [9.17, 15) is 9.59 Å². The van der Waals surface area contributed by atoms with Crippen LogP contribution in [-0.4, -0.2) is 58.3 Å². The average Bonchev–Trinajstić information content (AvgIpc) is 3.03. The third-order valence-electron chi connectivity index (χ3n) is 4.99. The predicted molar refractivity (Wildman–Crippen MR) is 121 cm³/mol. The van der Waals surface area contributed by atoms with E-state index in [1.807, 2.05) is 0 Å². The second-order valence-electron chi connectivity index (χ2n) is 6.90. The molecule has 2 amide bonds. The average molecular weight is 461 g/mol. The largest absolute Gasteiger partial charge is 0.495 e. The van der Waals surface area contributed by atoms with Gasteiger partial charge in [0.2, 0.25) is 0 Å². The third-order valence-corrected chi connectivity index (χ3v) is 5.29. The summed E-state index contributed by atoms with van der Waals surface area (Å²) in [6.45, 7) is 0.663. The molecule has 1 aliphatic rings. The van der Waals surface area contributed by atoms with E-state index in [1.54, 1.807) is 43.5 Å². The van der Waals surface area contributed by atoms with E-state index in [-0.39, 0.29) is 17.8 Å². The third kappa shape index (κ3) is 4.66. The van der Waals surface area contributed by atoms with Crippen LogP contribution >= 0.6 is 11.6 Å². The Kier molecular flexibility index (Phi) is 7.61. The number of hydrogen-bond donors (Lipinski definition) is 1. The molecule has 0 fully saturated rings. The molecule has 0 aliphatic carbocycles. The van der Waals surface area contributed by atoms with Gasteiger partial charge < -0.3 is 24.3 Å². The van der Waals surface area contributed by atoms with Gasteiger partial charge in [-0.3, -0.25) is 14.5 Å². The van der Waals surface area contributed by atoms with E-state index in [1.165, 1.54) is 26.2 Å². The molecule has 0 spiro atoms. The van der Waals surface area contributed by atoms with E-state index < -0.39 is 11.8 Å². The lowest BCUT2D eigenvalue weighted by atomic mass is 10.0. The van der Waals surface area contributed by atoms with Crippen LogP contribution in [0.25, 0.3) is 5.57 Å². The number of nitrogens with zero attached hydrogens (tertiary/aromatic N) is 1. The summed E-state index contributed by atoms with van der Waals surface area (Å²) < 4.78 is 20.9. The molecule has 2 aromatic carbocycles. The summed E-state index contributed by atoms with van der Waals surface area (Å²) in [7, 11) is 6.12. The molecule has 8 nitrogen and oxygen atoms in total. The molecule has 1 heterocycles. The van der Waals surface area contributed by atoms with Crippen molar-refractivity contribution in [2.24, 2.45) is 0 Å². The van der Waals surface area contributed by atoms with Crippen molar-refractivity contribution in [1.29, 1.82) is 0 Å². The predicted octanol–water partition coefficient (Wildman–Crippen LogP) is 3.59. The summed E-state index contributed by atoms with van der Waals surface area (Å²) in [6.07, 6.45) is 0.523. The van der Waals surface area contributed by atoms with Crippen molar-refractivity contribution in [1.82, 2.24) is 4.90 Å². The number of hydrogen-bond acceptors (Lipinski definition) is 7. The molecule has 1 N–H and O–H groups in total. The second-order valence-corrected chi connectivity index (χ2v) is 7.31. The first kappa shape index (κ1) is 23.4. The molecule has 0 unspecified atom stereocenters. The molecule has 0 saturated heterocycles. The lowest BCUT2D eigenvalue weighted by Gasteiger charge is -2.15. The fourth-order valence-corrected chi connectivity index (χ4v) is 3.67. The van der Waals surface area contributed by atoms with Crippen LogP contribution in [0.2, 0.25) is 5.02 Å². The van der Waals surface area contributed by atoms with Crippen molar-refractivity contribution in [2.45, 2.75) is 6.42 Å². The maximum atomic E-state index is 13.3. The van der Waals surface area contributed by atoms with Crippen molar-refractivity contribution in [3.8, 4) is 17.2 Å². The summed E-state index contributed by atoms with van der Waals surface area (Å²) in [4.78, 5) is 27.7. The monoisotopic (exact) mass is 460 g/mol. The van der Waals surface area contributed by atoms with Gasteiger partial charge in [0.05, 0.1) is 31.9 Å². The van der Waals surface area contributed by atoms with Gasteiger partial charge in [0.1, 0.15) is 11.4 Å². The Morgan fingerprint density at radius 3 is 2.19 bits per heavy atom. The molecule has 0 radical (unpaired) electrons. The minimum Gasteiger partial charge on any atom is -0.495 e. The van der Waals surface area contributed by atoms with Gasteiger partial charge in [-0.15, -0.1) is 0 Å². The molecule has 0 bridgehead atoms. The molecular formula is C23H25ClN2O6. The van der Waals surface area contributed by atoms with Crippen LogP contribution in [-0.2, 0) is 14.3 Å². The highest BCUT2D eigenvalue weighted by molar-refractivity contribution is 6.36. The molecule has 1 aliphatic heterocycles. The highest BCUT2D eigenvalue weighted by atomic mass is 35.5. The maximum Gasteiger partial charge on any atom is 0.278 e. The van der Waals surface area contributed by atoms with Gasteiger partial charge >= 0.3 is 0 Å². The van der Waals surface area contributed by atoms with Gasteiger partial charge in [-0.1, -0.05) is 17.7 Å². The van der Waals surface area contributed by atoms with Crippen LogP contribution in [0.3, 0.4) is 0 Å². The molecule has 32 heavy (non-hydrogen) atoms. The first-order valence-electron chi connectivity index (χ1n) is 9.87. The van der Waals surface area contributed by atoms with E-state index in [0.717, 1.165) is 0 Å². The van der Waals surface area contributed by atoms with Crippen molar-refractivity contribution in [2.75, 3.05) is 46.9 Å². The zero-order chi connectivity index (χ0) is 23.3. The van der Waals surface area contributed by atoms with Crippen LogP contribution in [0.4, 0.5) is 5.69 Å². The summed E-state index contributed by atoms with van der Waals surface area (Å²) in [5.41, 5.74) is 1.46. The molecular weight excluding hydrogens is 436 g/mol. The summed E-state index contributed by atoms with van der Waals surface area (Å²) in [5.74, 6) is 0.633. The Bertz CT molecular complexity index is 1050. The lowest BCUT2D eigenvalue weighted by molar-refractivity contribution is -0.136. The first-order valence-corrected chi connectivity index (χ1v) is 10.2. The Morgan fingerprint density at radius 2 is 1.56 bits per heavy atom. The highest BCUT2D eigenvalue weighted by Crippen LogP contribution is 2.36. The number of methoxy groups -OCH3 is 4. The fraction of sp³-hybridized carbons (Fsp3) is 0.304. The number of carbonyl (C=O) groups excluding carboxylic acids is 2. The molecule has 0 saturated carbocycles. The van der Waals surface area contributed by atoms with Crippen LogP contribution in [0, 0.1) is 0 Å². The summed E-state index contributed by atoms with van der Waals surface area (Å²) in [6, 6.07) is 10.1. The number of ether oxygens (including phenoxy) is 4. The molecule has 170 valence electrons. The molecule has 2 aromatic rings. The van der Waals surface area contributed by atoms with Crippen LogP contribution in [0.5, 0.6) is 17.2 Å². The molecule has 3 rings (SSSR count). The van der Waals surface area contributed by atoms with Crippen molar-refractivity contribution < 1.29 is 28.5 Å². The van der Waals surface area contributed by atoms with Crippen molar-refractivity contribution in [3.05, 3.63) is 52.7 Å². The molecule has 0 aromatic heterocycles. The van der Waals surface area contributed by atoms with Crippen LogP contribution in [0.15, 0.2) is 42.1 Å². The lowest BCUT2D eigenvalue weighted by Crippen LogP contribution is -2.33. The van der Waals surface area contributed by atoms with Crippen molar-refractivity contribution >= 4 is 34.7 Å². The standard InChI is InChI=1S/C23H25ClN2O6/c1-29-11-5-10-26-22(27)20(14-6-8-18(31-3)19(12-14)32-4)21(23(26)28)25-15-7-9-17(30-2)16(24)13-15/h6-9,12-13,25H,5,10-11H2,1-4H3. The summed E-state index contributed by atoms with van der Waals surface area (Å²) in [5, 5.41) is 3.45. The van der Waals surface area contributed by atoms with E-state index in [4.69, 9.17) is 30.5 Å². The Hall–Kier alpha value is -3.23. The number of halogens is 1. The first-order chi connectivity index (χ1) is 15.4. The normalized spacial score (nSPS) is 13.6. The van der Waals surface area contributed by atoms with Crippen molar-refractivity contribution in [3.63, 3.8) is 0 Å². The highest BCUT2D eigenvalue weighted by Gasteiger charge is 2.39. The van der Waals surface area contributed by atoms with E-state index >= 15 is 0 Å². The van der Waals surface area contributed by atoms with Gasteiger partial charge in [0.25, 0.3) is 11.8 Å². The zero-order valence-corrected chi connectivity index (χ0v) is 19.1. The smallest absolute Gasteiger partial charge is 0.278 e. The quantitative estimate of drug-likeness (QED) is 0.428. The SMILES string of the molecule is COCCCN1C(=O)C(Nc2ccc(OC)c(Cl)c2)=C(c2ccc(OC)c(OC)c2)C1=O. The Labute approximate surface area is 191 Å². The van der Waals surface area contributed by atoms with E-state index in [2.05, 4.69) is 5.32 Å². The van der Waals surface area contributed by atoms with Crippen LogP contribution in [0.1, 0.15) is 12.0 Å². The number of benzene rings is 2. The van der Waals surface area contributed by atoms with E-state index in [0.29, 0.717) is 46.5 Å². The molecule has 9 heteroatoms. The second kappa shape index (κ2) is 10.4. The van der Waals surface area contributed by atoms with Gasteiger partial charge in [-0.25, -0.2) is 0 Å². The Morgan fingerprint density at radius 1 is 0.875 bits per heavy atom. The zero-order valence-electron chi connectivity index (χ0n) is 18.4. The number of nitrogens with one attached hydrogen (secondary N) is 1. The fourth-order valence-electron chi connectivity index (χ4n) is 3.41. The number of imide groups is 1. The minimum atomic E-state index is -0.428. The minimum absolute atomic E-state index is 0.154. The van der Waals surface area contributed by atoms with Gasteiger partial charge in [0.15, 0.2) is 11.5 Å². The topological polar surface area (TPSA) is 86.3 Å². The summed E-state index contributed by atoms with van der Waals surface area (Å²) >= 11 is 6.23. The van der Waals surface area contributed by atoms with Gasteiger partial charge in [-0.2, -0.15) is 0 Å². The van der Waals surface area contributed by atoms with Gasteiger partial charge in [0, 0.05) is 25.9 Å². The van der Waals surface area contributed by atoms with Crippen LogP contribution < -0.4 is 19.5 Å². The number of anilines is 1. The Balaban J connectivity index is 2.05. The maximum absolute atomic E-state index is 13.3. The number of amides is 2. The molecule has 0 atom stereocenters. The number of carbonyl (C=O) groups is 2. The van der Waals surface area contributed by atoms with Gasteiger partial charge in [-0.05, 0) is 42.3 Å². The number of rotatable bonds is 10.